The highest BCUT2D eigenvalue weighted by atomic mass is 16.2. The third-order valence-corrected chi connectivity index (χ3v) is 2.90. The Morgan fingerprint density at radius 3 is 2.56 bits per heavy atom. The SMILES string of the molecule is CC(C)CCNC1CC(=O)N(C)C(=O)N1C. The van der Waals surface area contributed by atoms with Crippen LogP contribution in [-0.4, -0.2) is 48.5 Å². The van der Waals surface area contributed by atoms with E-state index >= 15 is 0 Å². The van der Waals surface area contributed by atoms with Crippen LogP contribution in [0.4, 0.5) is 4.79 Å². The normalized spacial score (nSPS) is 22.2. The van der Waals surface area contributed by atoms with Gasteiger partial charge in [-0.05, 0) is 18.9 Å². The number of imide groups is 1. The smallest absolute Gasteiger partial charge is 0.311 e. The number of amides is 3. The zero-order valence-corrected chi connectivity index (χ0v) is 10.5. The van der Waals surface area contributed by atoms with E-state index < -0.39 is 0 Å². The largest absolute Gasteiger partial charge is 0.327 e. The average molecular weight is 227 g/mol. The van der Waals surface area contributed by atoms with Gasteiger partial charge in [-0.2, -0.15) is 0 Å². The van der Waals surface area contributed by atoms with E-state index in [1.165, 1.54) is 11.9 Å². The molecular formula is C11H21N3O2. The van der Waals surface area contributed by atoms with Crippen LogP contribution in [0.25, 0.3) is 0 Å². The molecule has 92 valence electrons. The molecule has 1 heterocycles. The van der Waals surface area contributed by atoms with Crippen molar-refractivity contribution in [2.24, 2.45) is 5.92 Å². The van der Waals surface area contributed by atoms with E-state index in [1.807, 2.05) is 0 Å². The molecule has 0 radical (unpaired) electrons. The molecule has 5 heteroatoms. The van der Waals surface area contributed by atoms with Crippen molar-refractivity contribution in [1.29, 1.82) is 0 Å². The van der Waals surface area contributed by atoms with Crippen LogP contribution in [0.5, 0.6) is 0 Å². The van der Waals surface area contributed by atoms with Crippen LogP contribution in [0.2, 0.25) is 0 Å². The molecule has 0 aromatic carbocycles. The van der Waals surface area contributed by atoms with Gasteiger partial charge in [-0.1, -0.05) is 13.8 Å². The van der Waals surface area contributed by atoms with E-state index in [4.69, 9.17) is 0 Å². The lowest BCUT2D eigenvalue weighted by molar-refractivity contribution is -0.131. The molecule has 1 N–H and O–H groups in total. The van der Waals surface area contributed by atoms with Gasteiger partial charge in [0.25, 0.3) is 0 Å². The lowest BCUT2D eigenvalue weighted by Gasteiger charge is -2.36. The second-order valence-electron chi connectivity index (χ2n) is 4.70. The monoisotopic (exact) mass is 227 g/mol. The maximum Gasteiger partial charge on any atom is 0.327 e. The summed E-state index contributed by atoms with van der Waals surface area (Å²) in [5.41, 5.74) is 0. The first-order valence-electron chi connectivity index (χ1n) is 5.70. The van der Waals surface area contributed by atoms with Crippen molar-refractivity contribution in [3.8, 4) is 0 Å². The fraction of sp³-hybridized carbons (Fsp3) is 0.818. The van der Waals surface area contributed by atoms with Gasteiger partial charge in [0.15, 0.2) is 0 Å². The Kier molecular flexibility index (Phi) is 4.29. The van der Waals surface area contributed by atoms with Crippen molar-refractivity contribution in [1.82, 2.24) is 15.1 Å². The van der Waals surface area contributed by atoms with Crippen molar-refractivity contribution in [2.75, 3.05) is 20.6 Å². The first-order valence-corrected chi connectivity index (χ1v) is 5.70. The number of nitrogens with zero attached hydrogens (tertiary/aromatic N) is 2. The van der Waals surface area contributed by atoms with E-state index in [-0.39, 0.29) is 18.1 Å². The van der Waals surface area contributed by atoms with Gasteiger partial charge in [-0.25, -0.2) is 4.79 Å². The van der Waals surface area contributed by atoms with Crippen molar-refractivity contribution >= 4 is 11.9 Å². The molecule has 16 heavy (non-hydrogen) atoms. The van der Waals surface area contributed by atoms with Crippen LogP contribution in [0.15, 0.2) is 0 Å². The summed E-state index contributed by atoms with van der Waals surface area (Å²) in [6.45, 7) is 5.13. The molecule has 1 rings (SSSR count). The number of urea groups is 1. The quantitative estimate of drug-likeness (QED) is 0.775. The Hall–Kier alpha value is -1.10. The minimum Gasteiger partial charge on any atom is -0.311 e. The van der Waals surface area contributed by atoms with Crippen molar-refractivity contribution in [2.45, 2.75) is 32.9 Å². The van der Waals surface area contributed by atoms with Crippen molar-refractivity contribution < 1.29 is 9.59 Å². The Morgan fingerprint density at radius 2 is 2.00 bits per heavy atom. The number of hydrogen-bond donors (Lipinski definition) is 1. The first kappa shape index (κ1) is 13.0. The minimum atomic E-state index is -0.238. The standard InChI is InChI=1S/C11H21N3O2/c1-8(2)5-6-12-9-7-10(15)14(4)11(16)13(9)3/h8-9,12H,5-7H2,1-4H3. The van der Waals surface area contributed by atoms with Gasteiger partial charge < -0.3 is 4.90 Å². The molecule has 0 bridgehead atoms. The predicted molar refractivity (Wildman–Crippen MR) is 61.8 cm³/mol. The highest BCUT2D eigenvalue weighted by Crippen LogP contribution is 2.12. The van der Waals surface area contributed by atoms with E-state index in [0.717, 1.165) is 13.0 Å². The molecule has 5 nitrogen and oxygen atoms in total. The fourth-order valence-corrected chi connectivity index (χ4v) is 1.66. The summed E-state index contributed by atoms with van der Waals surface area (Å²) >= 11 is 0. The van der Waals surface area contributed by atoms with Gasteiger partial charge >= 0.3 is 6.03 Å². The Labute approximate surface area is 96.8 Å². The van der Waals surface area contributed by atoms with E-state index in [9.17, 15) is 9.59 Å². The maximum absolute atomic E-state index is 11.6. The molecule has 0 aromatic rings. The second-order valence-corrected chi connectivity index (χ2v) is 4.70. The molecule has 0 spiro atoms. The summed E-state index contributed by atoms with van der Waals surface area (Å²) in [5, 5.41) is 3.24. The third-order valence-electron chi connectivity index (χ3n) is 2.90. The Balaban J connectivity index is 2.48. The summed E-state index contributed by atoms with van der Waals surface area (Å²) in [7, 11) is 3.24. The van der Waals surface area contributed by atoms with Crippen LogP contribution in [-0.2, 0) is 4.79 Å². The van der Waals surface area contributed by atoms with Gasteiger partial charge in [0.2, 0.25) is 5.91 Å². The first-order chi connectivity index (χ1) is 7.43. The zero-order valence-electron chi connectivity index (χ0n) is 10.5. The van der Waals surface area contributed by atoms with Gasteiger partial charge in [-0.3, -0.25) is 15.0 Å². The molecular weight excluding hydrogens is 206 g/mol. The van der Waals surface area contributed by atoms with Gasteiger partial charge in [0.05, 0.1) is 12.6 Å². The van der Waals surface area contributed by atoms with Crippen LogP contribution < -0.4 is 5.32 Å². The summed E-state index contributed by atoms with van der Waals surface area (Å²) < 4.78 is 0. The van der Waals surface area contributed by atoms with Crippen LogP contribution in [0, 0.1) is 5.92 Å². The highest BCUT2D eigenvalue weighted by Gasteiger charge is 2.33. The number of rotatable bonds is 4. The van der Waals surface area contributed by atoms with Crippen LogP contribution in [0.1, 0.15) is 26.7 Å². The van der Waals surface area contributed by atoms with Gasteiger partial charge in [-0.15, -0.1) is 0 Å². The Morgan fingerprint density at radius 1 is 1.38 bits per heavy atom. The molecule has 1 fully saturated rings. The molecule has 1 saturated heterocycles. The molecule has 0 aliphatic carbocycles. The van der Waals surface area contributed by atoms with E-state index in [2.05, 4.69) is 19.2 Å². The average Bonchev–Trinajstić information content (AvgIpc) is 2.22. The summed E-state index contributed by atoms with van der Waals surface area (Å²) in [6.07, 6.45) is 1.24. The van der Waals surface area contributed by atoms with Crippen molar-refractivity contribution in [3.05, 3.63) is 0 Å². The highest BCUT2D eigenvalue weighted by molar-refractivity contribution is 5.96. The van der Waals surface area contributed by atoms with Gasteiger partial charge in [0, 0.05) is 14.1 Å². The summed E-state index contributed by atoms with van der Waals surface area (Å²) in [4.78, 5) is 25.9. The number of carbonyl (C=O) groups is 2. The topological polar surface area (TPSA) is 52.7 Å². The lowest BCUT2D eigenvalue weighted by atomic mass is 10.1. The van der Waals surface area contributed by atoms with Crippen molar-refractivity contribution in [3.63, 3.8) is 0 Å². The fourth-order valence-electron chi connectivity index (χ4n) is 1.66. The predicted octanol–water partition coefficient (Wildman–Crippen LogP) is 0.862. The zero-order chi connectivity index (χ0) is 12.3. The van der Waals surface area contributed by atoms with Crippen LogP contribution >= 0.6 is 0 Å². The molecule has 1 atom stereocenters. The third kappa shape index (κ3) is 2.95. The molecule has 3 amide bonds. The molecule has 1 aliphatic heterocycles. The molecule has 0 saturated carbocycles. The van der Waals surface area contributed by atoms with Crippen LogP contribution in [0.3, 0.4) is 0 Å². The molecule has 0 aromatic heterocycles. The Bertz CT molecular complexity index is 278. The molecule has 1 unspecified atom stereocenters. The molecule has 1 aliphatic rings. The van der Waals surface area contributed by atoms with E-state index in [0.29, 0.717) is 12.3 Å². The minimum absolute atomic E-state index is 0.120. The maximum atomic E-state index is 11.6. The second kappa shape index (κ2) is 5.30. The summed E-state index contributed by atoms with van der Waals surface area (Å²) in [5.74, 6) is 0.501. The lowest BCUT2D eigenvalue weighted by Crippen LogP contribution is -2.58. The number of hydrogen-bond acceptors (Lipinski definition) is 3. The summed E-state index contributed by atoms with van der Waals surface area (Å²) in [6, 6.07) is -0.238. The number of nitrogens with one attached hydrogen (secondary N) is 1. The van der Waals surface area contributed by atoms with E-state index in [1.54, 1.807) is 11.9 Å². The number of carbonyl (C=O) groups excluding carboxylic acids is 2. The van der Waals surface area contributed by atoms with Gasteiger partial charge in [0.1, 0.15) is 0 Å².